The number of aryl methyl sites for hydroxylation is 1. The Morgan fingerprint density at radius 3 is 2.49 bits per heavy atom. The first-order chi connectivity index (χ1) is 19.2. The summed E-state index contributed by atoms with van der Waals surface area (Å²) in [5.74, 6) is -1.31. The fourth-order valence-corrected chi connectivity index (χ4v) is 6.59. The average Bonchev–Trinajstić information content (AvgIpc) is 3.38. The molecule has 0 aliphatic carbocycles. The van der Waals surface area contributed by atoms with Gasteiger partial charge in [-0.25, -0.2) is 17.8 Å². The lowest BCUT2D eigenvalue weighted by molar-refractivity contribution is 0.0387. The summed E-state index contributed by atoms with van der Waals surface area (Å²) in [5.41, 5.74) is 0.122. The van der Waals surface area contributed by atoms with Crippen LogP contribution >= 0.6 is 0 Å². The fourth-order valence-electron chi connectivity index (χ4n) is 4.38. The summed E-state index contributed by atoms with van der Waals surface area (Å²) in [6.45, 7) is 3.15. The van der Waals surface area contributed by atoms with Crippen molar-refractivity contribution >= 4 is 31.6 Å². The van der Waals surface area contributed by atoms with Crippen LogP contribution < -0.4 is 9.46 Å². The van der Waals surface area contributed by atoms with Gasteiger partial charge in [-0.1, -0.05) is 6.92 Å². The Hall–Kier alpha value is -3.53. The van der Waals surface area contributed by atoms with E-state index < -0.39 is 43.9 Å². The first-order valence-electron chi connectivity index (χ1n) is 12.7. The molecular formula is C26H32FN5O7S2. The van der Waals surface area contributed by atoms with Gasteiger partial charge in [-0.2, -0.15) is 12.7 Å². The molecule has 0 saturated carbocycles. The molecule has 4 rings (SSSR count). The van der Waals surface area contributed by atoms with Gasteiger partial charge in [0.25, 0.3) is 15.9 Å². The number of aliphatic hydroxyl groups is 1. The Kier molecular flexibility index (Phi) is 8.73. The number of nitrogens with zero attached hydrogens (tertiary/aromatic N) is 4. The second-order valence-electron chi connectivity index (χ2n) is 10.1. The summed E-state index contributed by atoms with van der Waals surface area (Å²) in [4.78, 5) is 18.9. The number of benzene rings is 2. The minimum atomic E-state index is -4.05. The van der Waals surface area contributed by atoms with Gasteiger partial charge >= 0.3 is 0 Å². The molecule has 2 heterocycles. The summed E-state index contributed by atoms with van der Waals surface area (Å²) >= 11 is 0. The summed E-state index contributed by atoms with van der Waals surface area (Å²) in [7, 11) is -5.04. The Balaban J connectivity index is 1.68. The molecule has 0 fully saturated rings. The molecule has 1 aliphatic rings. The lowest BCUT2D eigenvalue weighted by Gasteiger charge is -2.38. The highest BCUT2D eigenvalue weighted by atomic mass is 32.2. The van der Waals surface area contributed by atoms with Crippen molar-refractivity contribution in [3.8, 4) is 5.75 Å². The number of hydrogen-bond donors (Lipinski definition) is 2. The van der Waals surface area contributed by atoms with Gasteiger partial charge < -0.3 is 19.3 Å². The molecule has 222 valence electrons. The number of aromatic nitrogens is 2. The van der Waals surface area contributed by atoms with Crippen LogP contribution in [-0.2, 0) is 27.1 Å². The standard InChI is InChI=1S/C26H32FN5O7S2/c1-17-12-32(18(2)15-33)26(34)22-11-20(29-40(35,36)25-14-30(3)16-28-25)7-10-23(22)39-24(17)13-31(4)41(37,38)21-8-5-19(27)6-9-21/h5-11,14,16-18,24,29,33H,12-13,15H2,1-4H3/t17-,18-,24+/m1/s1. The molecule has 0 saturated heterocycles. The molecule has 0 unspecified atom stereocenters. The van der Waals surface area contributed by atoms with Crippen LogP contribution in [0.1, 0.15) is 24.2 Å². The van der Waals surface area contributed by atoms with E-state index >= 15 is 0 Å². The third-order valence-corrected chi connectivity index (χ3v) is 9.94. The Labute approximate surface area is 238 Å². The second-order valence-corrected chi connectivity index (χ2v) is 13.7. The van der Waals surface area contributed by atoms with Gasteiger partial charge in [0.15, 0.2) is 5.03 Å². The van der Waals surface area contributed by atoms with Gasteiger partial charge in [0.05, 0.1) is 36.0 Å². The maximum absolute atomic E-state index is 13.6. The second kappa shape index (κ2) is 11.8. The fraction of sp³-hybridized carbons (Fsp3) is 0.385. The van der Waals surface area contributed by atoms with E-state index in [1.54, 1.807) is 20.9 Å². The van der Waals surface area contributed by atoms with Gasteiger partial charge in [0, 0.05) is 38.4 Å². The molecule has 12 nitrogen and oxygen atoms in total. The number of imidazole rings is 1. The van der Waals surface area contributed by atoms with Crippen LogP contribution in [0.15, 0.2) is 64.9 Å². The molecule has 0 bridgehead atoms. The Morgan fingerprint density at radius 2 is 1.88 bits per heavy atom. The first-order valence-corrected chi connectivity index (χ1v) is 15.6. The first kappa shape index (κ1) is 30.4. The van der Waals surface area contributed by atoms with Crippen molar-refractivity contribution < 1.29 is 35.9 Å². The minimum Gasteiger partial charge on any atom is -0.488 e. The molecule has 1 aromatic heterocycles. The highest BCUT2D eigenvalue weighted by Crippen LogP contribution is 2.32. The number of amides is 1. The topological polar surface area (TPSA) is 151 Å². The van der Waals surface area contributed by atoms with Crippen LogP contribution in [0.5, 0.6) is 5.75 Å². The molecule has 2 aromatic carbocycles. The predicted octanol–water partition coefficient (Wildman–Crippen LogP) is 1.90. The van der Waals surface area contributed by atoms with E-state index in [9.17, 15) is 31.1 Å². The monoisotopic (exact) mass is 609 g/mol. The normalized spacial score (nSPS) is 18.8. The number of carbonyl (C=O) groups is 1. The Morgan fingerprint density at radius 1 is 1.20 bits per heavy atom. The molecule has 0 radical (unpaired) electrons. The van der Waals surface area contributed by atoms with Crippen molar-refractivity contribution in [1.82, 2.24) is 18.8 Å². The zero-order valence-electron chi connectivity index (χ0n) is 22.9. The maximum Gasteiger partial charge on any atom is 0.280 e. The number of ether oxygens (including phenoxy) is 1. The van der Waals surface area contributed by atoms with E-state index in [1.165, 1.54) is 59.4 Å². The third kappa shape index (κ3) is 6.53. The molecule has 41 heavy (non-hydrogen) atoms. The number of rotatable bonds is 9. The van der Waals surface area contributed by atoms with Crippen molar-refractivity contribution in [2.24, 2.45) is 13.0 Å². The van der Waals surface area contributed by atoms with Crippen LogP contribution in [0.2, 0.25) is 0 Å². The van der Waals surface area contributed by atoms with Crippen molar-refractivity contribution in [3.63, 3.8) is 0 Å². The number of likely N-dealkylation sites (N-methyl/N-ethyl adjacent to an activating group) is 1. The van der Waals surface area contributed by atoms with E-state index in [1.807, 2.05) is 0 Å². The summed E-state index contributed by atoms with van der Waals surface area (Å²) < 4.78 is 76.6. The van der Waals surface area contributed by atoms with Gasteiger partial charge in [-0.05, 0) is 49.4 Å². The third-order valence-electron chi connectivity index (χ3n) is 6.83. The smallest absolute Gasteiger partial charge is 0.280 e. The van der Waals surface area contributed by atoms with Crippen molar-refractivity contribution in [3.05, 3.63) is 66.4 Å². The Bertz CT molecular complexity index is 1630. The zero-order valence-corrected chi connectivity index (χ0v) is 24.6. The average molecular weight is 610 g/mol. The number of halogens is 1. The van der Waals surface area contributed by atoms with Crippen LogP contribution in [0, 0.1) is 11.7 Å². The number of anilines is 1. The van der Waals surface area contributed by atoms with E-state index in [4.69, 9.17) is 4.74 Å². The van der Waals surface area contributed by atoms with Crippen molar-refractivity contribution in [1.29, 1.82) is 0 Å². The van der Waals surface area contributed by atoms with E-state index in [0.29, 0.717) is 0 Å². The number of fused-ring (bicyclic) bond motifs is 1. The summed E-state index contributed by atoms with van der Waals surface area (Å²) in [6.07, 6.45) is 1.93. The van der Waals surface area contributed by atoms with Crippen LogP contribution in [0.25, 0.3) is 0 Å². The molecule has 15 heteroatoms. The van der Waals surface area contributed by atoms with Gasteiger partial charge in [0.2, 0.25) is 10.0 Å². The van der Waals surface area contributed by atoms with Crippen molar-refractivity contribution in [2.75, 3.05) is 31.5 Å². The molecule has 0 spiro atoms. The van der Waals surface area contributed by atoms with E-state index in [-0.39, 0.29) is 52.5 Å². The SMILES string of the molecule is C[C@@H]1CN([C@H](C)CO)C(=O)c2cc(NS(=O)(=O)c3cn(C)cn3)ccc2O[C@H]1CN(C)S(=O)(=O)c1ccc(F)cc1. The van der Waals surface area contributed by atoms with Crippen LogP contribution in [0.4, 0.5) is 10.1 Å². The summed E-state index contributed by atoms with van der Waals surface area (Å²) in [6, 6.07) is 8.08. The molecule has 1 amide bonds. The number of sulfonamides is 2. The van der Waals surface area contributed by atoms with Gasteiger partial charge in [0.1, 0.15) is 17.7 Å². The molecule has 3 atom stereocenters. The minimum absolute atomic E-state index is 0.0347. The highest BCUT2D eigenvalue weighted by Gasteiger charge is 2.35. The lowest BCUT2D eigenvalue weighted by Crippen LogP contribution is -2.50. The maximum atomic E-state index is 13.6. The number of hydrogen-bond acceptors (Lipinski definition) is 8. The predicted molar refractivity (Wildman–Crippen MR) is 148 cm³/mol. The molecule has 2 N–H and O–H groups in total. The number of aliphatic hydroxyl groups excluding tert-OH is 1. The molecule has 3 aromatic rings. The van der Waals surface area contributed by atoms with Gasteiger partial charge in [-0.3, -0.25) is 9.52 Å². The largest absolute Gasteiger partial charge is 0.488 e. The molecule has 1 aliphatic heterocycles. The highest BCUT2D eigenvalue weighted by molar-refractivity contribution is 7.92. The van der Waals surface area contributed by atoms with Gasteiger partial charge in [-0.15, -0.1) is 0 Å². The van der Waals surface area contributed by atoms with E-state index in [2.05, 4.69) is 9.71 Å². The van der Waals surface area contributed by atoms with Crippen LogP contribution in [-0.4, -0.2) is 85.5 Å². The number of nitrogens with one attached hydrogen (secondary N) is 1. The van der Waals surface area contributed by atoms with Crippen molar-refractivity contribution in [2.45, 2.75) is 35.9 Å². The lowest BCUT2D eigenvalue weighted by atomic mass is 9.99. The molecular weight excluding hydrogens is 577 g/mol. The van der Waals surface area contributed by atoms with Crippen LogP contribution in [0.3, 0.4) is 0 Å². The zero-order chi connectivity index (χ0) is 30.1. The number of carbonyl (C=O) groups excluding carboxylic acids is 1. The summed E-state index contributed by atoms with van der Waals surface area (Å²) in [5, 5.41) is 9.66. The quantitative estimate of drug-likeness (QED) is 0.373. The van der Waals surface area contributed by atoms with E-state index in [0.717, 1.165) is 16.4 Å².